The van der Waals surface area contributed by atoms with Gasteiger partial charge < -0.3 is 20.8 Å². The van der Waals surface area contributed by atoms with Crippen molar-refractivity contribution >= 4 is 10.9 Å². The summed E-state index contributed by atoms with van der Waals surface area (Å²) in [5.74, 6) is 1.41. The van der Waals surface area contributed by atoms with Crippen molar-refractivity contribution in [1.29, 1.82) is 0 Å². The van der Waals surface area contributed by atoms with Crippen molar-refractivity contribution in [3.05, 3.63) is 30.0 Å². The number of hydrogen-bond donors (Lipinski definition) is 3. The van der Waals surface area contributed by atoms with Crippen molar-refractivity contribution in [3.63, 3.8) is 0 Å². The van der Waals surface area contributed by atoms with Gasteiger partial charge in [0, 0.05) is 29.2 Å². The number of hydrogen-bond acceptors (Lipinski definition) is 3. The Morgan fingerprint density at radius 1 is 1.44 bits per heavy atom. The van der Waals surface area contributed by atoms with Gasteiger partial charge in [-0.05, 0) is 43.1 Å². The van der Waals surface area contributed by atoms with E-state index in [2.05, 4.69) is 22.6 Å². The minimum absolute atomic E-state index is 0.372. The summed E-state index contributed by atoms with van der Waals surface area (Å²) in [4.78, 5) is 3.32. The highest BCUT2D eigenvalue weighted by Gasteiger charge is 2.28. The third kappa shape index (κ3) is 1.78. The first-order chi connectivity index (χ1) is 8.83. The van der Waals surface area contributed by atoms with Crippen LogP contribution < -0.4 is 15.8 Å². The summed E-state index contributed by atoms with van der Waals surface area (Å²) in [5, 5.41) is 4.81. The van der Waals surface area contributed by atoms with Crippen LogP contribution >= 0.6 is 0 Å². The fourth-order valence-corrected chi connectivity index (χ4v) is 2.89. The Morgan fingerprint density at radius 2 is 2.33 bits per heavy atom. The summed E-state index contributed by atoms with van der Waals surface area (Å²) in [7, 11) is 1.69. The van der Waals surface area contributed by atoms with Crippen molar-refractivity contribution < 1.29 is 4.74 Å². The lowest BCUT2D eigenvalue weighted by atomic mass is 9.94. The molecule has 2 unspecified atom stereocenters. The lowest BCUT2D eigenvalue weighted by molar-refractivity contribution is 0.415. The maximum absolute atomic E-state index is 5.85. The predicted octanol–water partition coefficient (Wildman–Crippen LogP) is 1.79. The van der Waals surface area contributed by atoms with Gasteiger partial charge in [0.05, 0.1) is 7.11 Å². The summed E-state index contributed by atoms with van der Waals surface area (Å²) in [6.45, 7) is 1.79. The molecule has 0 radical (unpaired) electrons. The average Bonchev–Trinajstić information content (AvgIpc) is 3.03. The molecule has 1 aliphatic heterocycles. The third-order valence-corrected chi connectivity index (χ3v) is 3.91. The molecule has 0 amide bonds. The highest BCUT2D eigenvalue weighted by molar-refractivity contribution is 5.85. The molecule has 0 saturated carbocycles. The highest BCUT2D eigenvalue weighted by Crippen LogP contribution is 2.34. The third-order valence-electron chi connectivity index (χ3n) is 3.91. The van der Waals surface area contributed by atoms with E-state index in [4.69, 9.17) is 10.5 Å². The molecule has 1 fully saturated rings. The zero-order valence-corrected chi connectivity index (χ0v) is 10.6. The van der Waals surface area contributed by atoms with Gasteiger partial charge in [-0.2, -0.15) is 0 Å². The van der Waals surface area contributed by atoms with Crippen LogP contribution in [-0.4, -0.2) is 25.2 Å². The van der Waals surface area contributed by atoms with Gasteiger partial charge in [-0.1, -0.05) is 0 Å². The lowest BCUT2D eigenvalue weighted by Gasteiger charge is -2.17. The normalized spacial score (nSPS) is 23.7. The summed E-state index contributed by atoms with van der Waals surface area (Å²) in [5.41, 5.74) is 8.29. The standard InChI is InChI=1S/C14H19N3O/c1-18-10-2-3-11-12(8-17-13(11)6-10)14-9(7-15)4-5-16-14/h2-3,6,8-9,14,16-17H,4-5,7,15H2,1H3. The molecule has 3 rings (SSSR count). The second-order valence-corrected chi connectivity index (χ2v) is 4.87. The number of methoxy groups -OCH3 is 1. The van der Waals surface area contributed by atoms with Gasteiger partial charge in [-0.25, -0.2) is 0 Å². The van der Waals surface area contributed by atoms with E-state index in [0.717, 1.165) is 30.8 Å². The number of nitrogens with one attached hydrogen (secondary N) is 2. The summed E-state index contributed by atoms with van der Waals surface area (Å²) in [6, 6.07) is 6.53. The smallest absolute Gasteiger partial charge is 0.120 e. The fourth-order valence-electron chi connectivity index (χ4n) is 2.89. The molecule has 0 aliphatic carbocycles. The number of aromatic nitrogens is 1. The Hall–Kier alpha value is -1.52. The molecule has 1 aromatic carbocycles. The van der Waals surface area contributed by atoms with Crippen LogP contribution in [0.2, 0.25) is 0 Å². The number of nitrogens with two attached hydrogens (primary N) is 1. The summed E-state index contributed by atoms with van der Waals surface area (Å²) >= 11 is 0. The second-order valence-electron chi connectivity index (χ2n) is 4.87. The van der Waals surface area contributed by atoms with E-state index >= 15 is 0 Å². The molecular formula is C14H19N3O. The minimum Gasteiger partial charge on any atom is -0.497 e. The average molecular weight is 245 g/mol. The van der Waals surface area contributed by atoms with E-state index in [-0.39, 0.29) is 0 Å². The van der Waals surface area contributed by atoms with Gasteiger partial charge in [-0.15, -0.1) is 0 Å². The topological polar surface area (TPSA) is 63.1 Å². The quantitative estimate of drug-likeness (QED) is 0.772. The van der Waals surface area contributed by atoms with Crippen molar-refractivity contribution in [3.8, 4) is 5.75 Å². The zero-order chi connectivity index (χ0) is 12.5. The van der Waals surface area contributed by atoms with Crippen LogP contribution in [0.25, 0.3) is 10.9 Å². The van der Waals surface area contributed by atoms with E-state index in [9.17, 15) is 0 Å². The molecule has 4 N–H and O–H groups in total. The fraction of sp³-hybridized carbons (Fsp3) is 0.429. The summed E-state index contributed by atoms with van der Waals surface area (Å²) in [6.07, 6.45) is 3.25. The Kier molecular flexibility index (Phi) is 2.97. The van der Waals surface area contributed by atoms with E-state index in [1.807, 2.05) is 12.1 Å². The predicted molar refractivity (Wildman–Crippen MR) is 72.8 cm³/mol. The molecule has 2 heterocycles. The Bertz CT molecular complexity index is 549. The number of H-pyrrole nitrogens is 1. The number of rotatable bonds is 3. The van der Waals surface area contributed by atoms with Crippen molar-refractivity contribution in [2.45, 2.75) is 12.5 Å². The van der Waals surface area contributed by atoms with Crippen molar-refractivity contribution in [2.24, 2.45) is 11.7 Å². The SMILES string of the molecule is COc1ccc2c(C3NCCC3CN)c[nH]c2c1. The van der Waals surface area contributed by atoms with Crippen LogP contribution in [0.3, 0.4) is 0 Å². The molecule has 4 nitrogen and oxygen atoms in total. The van der Waals surface area contributed by atoms with Gasteiger partial charge in [0.15, 0.2) is 0 Å². The van der Waals surface area contributed by atoms with E-state index in [1.54, 1.807) is 7.11 Å². The minimum atomic E-state index is 0.372. The molecule has 1 aromatic heterocycles. The zero-order valence-electron chi connectivity index (χ0n) is 10.6. The van der Waals surface area contributed by atoms with E-state index in [1.165, 1.54) is 10.9 Å². The van der Waals surface area contributed by atoms with Crippen molar-refractivity contribution in [1.82, 2.24) is 10.3 Å². The highest BCUT2D eigenvalue weighted by atomic mass is 16.5. The monoisotopic (exact) mass is 245 g/mol. The van der Waals surface area contributed by atoms with Gasteiger partial charge in [-0.3, -0.25) is 0 Å². The largest absolute Gasteiger partial charge is 0.497 e. The molecule has 2 aromatic rings. The van der Waals surface area contributed by atoms with Crippen LogP contribution in [0.5, 0.6) is 5.75 Å². The van der Waals surface area contributed by atoms with Crippen LogP contribution in [0.1, 0.15) is 18.0 Å². The Morgan fingerprint density at radius 3 is 3.11 bits per heavy atom. The Balaban J connectivity index is 2.02. The van der Waals surface area contributed by atoms with Gasteiger partial charge in [0.25, 0.3) is 0 Å². The molecule has 96 valence electrons. The second kappa shape index (κ2) is 4.63. The first-order valence-corrected chi connectivity index (χ1v) is 6.42. The number of aromatic amines is 1. The molecule has 0 bridgehead atoms. The van der Waals surface area contributed by atoms with Crippen molar-refractivity contribution in [2.75, 3.05) is 20.2 Å². The summed E-state index contributed by atoms with van der Waals surface area (Å²) < 4.78 is 5.24. The lowest BCUT2D eigenvalue weighted by Crippen LogP contribution is -2.22. The van der Waals surface area contributed by atoms with E-state index in [0.29, 0.717) is 12.0 Å². The number of benzene rings is 1. The molecule has 1 saturated heterocycles. The van der Waals surface area contributed by atoms with Crippen LogP contribution in [0.15, 0.2) is 24.4 Å². The maximum Gasteiger partial charge on any atom is 0.120 e. The molecule has 4 heteroatoms. The molecule has 2 atom stereocenters. The molecular weight excluding hydrogens is 226 g/mol. The Labute approximate surface area is 107 Å². The van der Waals surface area contributed by atoms with Gasteiger partial charge in [0.2, 0.25) is 0 Å². The van der Waals surface area contributed by atoms with Gasteiger partial charge >= 0.3 is 0 Å². The van der Waals surface area contributed by atoms with Crippen LogP contribution in [0, 0.1) is 5.92 Å². The van der Waals surface area contributed by atoms with E-state index < -0.39 is 0 Å². The van der Waals surface area contributed by atoms with Gasteiger partial charge in [0.1, 0.15) is 5.75 Å². The van der Waals surface area contributed by atoms with Crippen LogP contribution in [-0.2, 0) is 0 Å². The maximum atomic E-state index is 5.85. The molecule has 1 aliphatic rings. The van der Waals surface area contributed by atoms with Crippen LogP contribution in [0.4, 0.5) is 0 Å². The first-order valence-electron chi connectivity index (χ1n) is 6.42. The number of fused-ring (bicyclic) bond motifs is 1. The molecule has 0 spiro atoms. The number of ether oxygens (including phenoxy) is 1. The molecule has 18 heavy (non-hydrogen) atoms. The first kappa shape index (κ1) is 11.6.